The van der Waals surface area contributed by atoms with Gasteiger partial charge in [-0.2, -0.15) is 0 Å². The summed E-state index contributed by atoms with van der Waals surface area (Å²) in [5.41, 5.74) is 3.65. The fourth-order valence-corrected chi connectivity index (χ4v) is 3.40. The van der Waals surface area contributed by atoms with Crippen LogP contribution in [0.1, 0.15) is 31.8 Å². The largest absolute Gasteiger partial charge is 0.495 e. The van der Waals surface area contributed by atoms with Crippen LogP contribution in [0.2, 0.25) is 0 Å². The number of nitrogens with one attached hydrogen (secondary N) is 3. The molecule has 9 nitrogen and oxygen atoms in total. The van der Waals surface area contributed by atoms with Crippen molar-refractivity contribution in [3.8, 4) is 5.75 Å². The first-order chi connectivity index (χ1) is 17.2. The second-order valence-corrected chi connectivity index (χ2v) is 8.00. The predicted molar refractivity (Wildman–Crippen MR) is 135 cm³/mol. The summed E-state index contributed by atoms with van der Waals surface area (Å²) in [6, 6.07) is 18.6. The van der Waals surface area contributed by atoms with Gasteiger partial charge in [-0.3, -0.25) is 19.2 Å². The second kappa shape index (κ2) is 12.2. The molecule has 0 aliphatic carbocycles. The number of anilines is 2. The molecule has 3 aromatic rings. The minimum atomic E-state index is -0.744. The summed E-state index contributed by atoms with van der Waals surface area (Å²) in [6.07, 6.45) is 0. The third kappa shape index (κ3) is 7.42. The zero-order valence-electron chi connectivity index (χ0n) is 20.2. The summed E-state index contributed by atoms with van der Waals surface area (Å²) in [4.78, 5) is 48.7. The Hall–Kier alpha value is -4.66. The van der Waals surface area contributed by atoms with Gasteiger partial charge >= 0.3 is 5.97 Å². The molecule has 0 aliphatic rings. The van der Waals surface area contributed by atoms with Crippen LogP contribution in [0.4, 0.5) is 11.4 Å². The van der Waals surface area contributed by atoms with Crippen LogP contribution in [-0.2, 0) is 14.3 Å². The molecule has 9 heteroatoms. The second-order valence-electron chi connectivity index (χ2n) is 8.00. The van der Waals surface area contributed by atoms with Gasteiger partial charge in [0.05, 0.1) is 12.8 Å². The van der Waals surface area contributed by atoms with Gasteiger partial charge in [0.1, 0.15) is 12.3 Å². The van der Waals surface area contributed by atoms with Crippen LogP contribution in [0, 0.1) is 13.8 Å². The summed E-state index contributed by atoms with van der Waals surface area (Å²) in [6.45, 7) is 2.87. The lowest BCUT2D eigenvalue weighted by Crippen LogP contribution is -2.32. The SMILES string of the molecule is COc1ccccc1NC(=O)c1ccc(NC(=O)COC(=O)CNC(=O)c2cc(C)cc(C)c2)cc1. The highest BCUT2D eigenvalue weighted by Crippen LogP contribution is 2.23. The van der Waals surface area contributed by atoms with Crippen molar-refractivity contribution in [2.24, 2.45) is 0 Å². The van der Waals surface area contributed by atoms with Crippen molar-refractivity contribution in [1.29, 1.82) is 0 Å². The Morgan fingerprint density at radius 1 is 0.778 bits per heavy atom. The van der Waals surface area contributed by atoms with E-state index in [1.807, 2.05) is 19.9 Å². The molecule has 0 heterocycles. The van der Waals surface area contributed by atoms with Crippen LogP contribution in [0.25, 0.3) is 0 Å². The van der Waals surface area contributed by atoms with Crippen molar-refractivity contribution in [3.63, 3.8) is 0 Å². The van der Waals surface area contributed by atoms with Gasteiger partial charge in [-0.1, -0.05) is 29.3 Å². The Kier molecular flexibility index (Phi) is 8.77. The number of carbonyl (C=O) groups excluding carboxylic acids is 4. The molecule has 0 saturated heterocycles. The molecule has 0 aromatic heterocycles. The fraction of sp³-hybridized carbons (Fsp3) is 0.185. The lowest BCUT2D eigenvalue weighted by molar-refractivity contribution is -0.146. The van der Waals surface area contributed by atoms with Crippen LogP contribution in [0.15, 0.2) is 66.7 Å². The van der Waals surface area contributed by atoms with Crippen molar-refractivity contribution >= 4 is 35.1 Å². The Morgan fingerprint density at radius 3 is 2.11 bits per heavy atom. The van der Waals surface area contributed by atoms with Gasteiger partial charge in [0.25, 0.3) is 17.7 Å². The van der Waals surface area contributed by atoms with E-state index in [0.29, 0.717) is 28.3 Å². The van der Waals surface area contributed by atoms with Crippen molar-refractivity contribution < 1.29 is 28.7 Å². The normalized spacial score (nSPS) is 10.2. The Labute approximate surface area is 208 Å². The lowest BCUT2D eigenvalue weighted by Gasteiger charge is -2.11. The third-order valence-corrected chi connectivity index (χ3v) is 5.03. The molecule has 186 valence electrons. The van der Waals surface area contributed by atoms with Crippen molar-refractivity contribution in [1.82, 2.24) is 5.32 Å². The van der Waals surface area contributed by atoms with Gasteiger partial charge in [0, 0.05) is 16.8 Å². The molecule has 0 unspecified atom stereocenters. The summed E-state index contributed by atoms with van der Waals surface area (Å²) in [5.74, 6) is -1.51. The smallest absolute Gasteiger partial charge is 0.325 e. The molecular weight excluding hydrogens is 462 g/mol. The van der Waals surface area contributed by atoms with Crippen LogP contribution in [0.3, 0.4) is 0 Å². The Morgan fingerprint density at radius 2 is 1.44 bits per heavy atom. The zero-order valence-corrected chi connectivity index (χ0v) is 20.2. The number of rotatable bonds is 9. The highest BCUT2D eigenvalue weighted by molar-refractivity contribution is 6.05. The van der Waals surface area contributed by atoms with E-state index in [2.05, 4.69) is 16.0 Å². The number of carbonyl (C=O) groups is 4. The molecule has 0 radical (unpaired) electrons. The standard InChI is InChI=1S/C27H27N3O6/c1-17-12-18(2)14-20(13-17)26(33)28-15-25(32)36-16-24(31)29-21-10-8-19(9-11-21)27(34)30-22-6-4-5-7-23(22)35-3/h4-14H,15-16H2,1-3H3,(H,28,33)(H,29,31)(H,30,34). The van der Waals surface area contributed by atoms with E-state index < -0.39 is 24.4 Å². The number of benzene rings is 3. The zero-order chi connectivity index (χ0) is 26.1. The van der Waals surface area contributed by atoms with Gasteiger partial charge in [0.15, 0.2) is 6.61 Å². The van der Waals surface area contributed by atoms with Crippen LogP contribution >= 0.6 is 0 Å². The van der Waals surface area contributed by atoms with Crippen LogP contribution in [0.5, 0.6) is 5.75 Å². The van der Waals surface area contributed by atoms with E-state index in [-0.39, 0.29) is 12.5 Å². The number of ether oxygens (including phenoxy) is 2. The number of para-hydroxylation sites is 2. The van der Waals surface area contributed by atoms with E-state index in [1.165, 1.54) is 7.11 Å². The molecule has 3 rings (SSSR count). The molecule has 3 N–H and O–H groups in total. The first-order valence-electron chi connectivity index (χ1n) is 11.1. The first kappa shape index (κ1) is 26.0. The van der Waals surface area contributed by atoms with E-state index in [0.717, 1.165) is 11.1 Å². The summed E-state index contributed by atoms with van der Waals surface area (Å²) < 4.78 is 10.1. The Balaban J connectivity index is 1.43. The van der Waals surface area contributed by atoms with Gasteiger partial charge in [0.2, 0.25) is 0 Å². The van der Waals surface area contributed by atoms with E-state index in [9.17, 15) is 19.2 Å². The number of methoxy groups -OCH3 is 1. The molecule has 3 amide bonds. The predicted octanol–water partition coefficient (Wildman–Crippen LogP) is 3.48. The average molecular weight is 490 g/mol. The molecule has 3 aromatic carbocycles. The summed E-state index contributed by atoms with van der Waals surface area (Å²) in [5, 5.41) is 7.82. The molecule has 0 bridgehead atoms. The van der Waals surface area contributed by atoms with Crippen LogP contribution in [-0.4, -0.2) is 44.0 Å². The third-order valence-electron chi connectivity index (χ3n) is 5.03. The first-order valence-corrected chi connectivity index (χ1v) is 11.1. The van der Waals surface area contributed by atoms with Gasteiger partial charge < -0.3 is 25.4 Å². The van der Waals surface area contributed by atoms with Crippen molar-refractivity contribution in [2.45, 2.75) is 13.8 Å². The summed E-state index contributed by atoms with van der Waals surface area (Å²) in [7, 11) is 1.52. The lowest BCUT2D eigenvalue weighted by atomic mass is 10.1. The maximum Gasteiger partial charge on any atom is 0.325 e. The maximum atomic E-state index is 12.5. The highest BCUT2D eigenvalue weighted by atomic mass is 16.5. The molecule has 0 fully saturated rings. The number of hydrogen-bond acceptors (Lipinski definition) is 6. The molecular formula is C27H27N3O6. The molecule has 0 atom stereocenters. The number of hydrogen-bond donors (Lipinski definition) is 3. The molecule has 0 spiro atoms. The van der Waals surface area contributed by atoms with Crippen molar-refractivity contribution in [2.75, 3.05) is 30.9 Å². The Bertz CT molecular complexity index is 1250. The van der Waals surface area contributed by atoms with Crippen molar-refractivity contribution in [3.05, 3.63) is 89.0 Å². The van der Waals surface area contributed by atoms with E-state index >= 15 is 0 Å². The van der Waals surface area contributed by atoms with Gasteiger partial charge in [-0.25, -0.2) is 0 Å². The topological polar surface area (TPSA) is 123 Å². The minimum Gasteiger partial charge on any atom is -0.495 e. The molecule has 36 heavy (non-hydrogen) atoms. The van der Waals surface area contributed by atoms with Gasteiger partial charge in [-0.15, -0.1) is 0 Å². The molecule has 0 aliphatic heterocycles. The monoisotopic (exact) mass is 489 g/mol. The minimum absolute atomic E-state index is 0.339. The highest BCUT2D eigenvalue weighted by Gasteiger charge is 2.13. The number of esters is 1. The number of amides is 3. The van der Waals surface area contributed by atoms with E-state index in [4.69, 9.17) is 9.47 Å². The summed E-state index contributed by atoms with van der Waals surface area (Å²) >= 11 is 0. The maximum absolute atomic E-state index is 12.5. The van der Waals surface area contributed by atoms with Gasteiger partial charge in [-0.05, 0) is 62.4 Å². The van der Waals surface area contributed by atoms with E-state index in [1.54, 1.807) is 60.7 Å². The molecule has 0 saturated carbocycles. The quantitative estimate of drug-likeness (QED) is 0.396. The average Bonchev–Trinajstić information content (AvgIpc) is 2.86. The van der Waals surface area contributed by atoms with Crippen LogP contribution < -0.4 is 20.7 Å². The number of aryl methyl sites for hydroxylation is 2. The fourth-order valence-electron chi connectivity index (χ4n) is 3.40.